The molecular formula is C21H21N3O2S. The molecule has 0 spiro atoms. The number of morpholine rings is 1. The van der Waals surface area contributed by atoms with Crippen molar-refractivity contribution in [1.29, 1.82) is 0 Å². The number of benzene rings is 1. The van der Waals surface area contributed by atoms with Crippen LogP contribution in [0.2, 0.25) is 0 Å². The van der Waals surface area contributed by atoms with Gasteiger partial charge in [-0.15, -0.1) is 11.3 Å². The molecular weight excluding hydrogens is 358 g/mol. The average Bonchev–Trinajstić information content (AvgIpc) is 3.14. The first-order valence-corrected chi connectivity index (χ1v) is 9.89. The van der Waals surface area contributed by atoms with Gasteiger partial charge in [0.1, 0.15) is 11.0 Å². The second kappa shape index (κ2) is 7.98. The highest BCUT2D eigenvalue weighted by Gasteiger charge is 2.28. The normalized spacial score (nSPS) is 17.1. The summed E-state index contributed by atoms with van der Waals surface area (Å²) in [5, 5.41) is 0. The van der Waals surface area contributed by atoms with Crippen LogP contribution in [0.3, 0.4) is 0 Å². The summed E-state index contributed by atoms with van der Waals surface area (Å²) >= 11 is 1.39. The summed E-state index contributed by atoms with van der Waals surface area (Å²) in [7, 11) is 0. The SMILES string of the molecule is Cc1ncsc1C(=O)N1CCO[C@@H](c2cccc(Cc3ccccc3)n2)C1. The summed E-state index contributed by atoms with van der Waals surface area (Å²) in [4.78, 5) is 24.3. The number of aromatic nitrogens is 2. The maximum atomic E-state index is 12.8. The van der Waals surface area contributed by atoms with Crippen LogP contribution in [0.15, 0.2) is 54.0 Å². The summed E-state index contributed by atoms with van der Waals surface area (Å²) in [5.74, 6) is 0.0312. The molecule has 0 saturated carbocycles. The Morgan fingerprint density at radius 1 is 1.22 bits per heavy atom. The Labute approximate surface area is 162 Å². The van der Waals surface area contributed by atoms with Gasteiger partial charge in [0.15, 0.2) is 0 Å². The zero-order valence-corrected chi connectivity index (χ0v) is 16.0. The lowest BCUT2D eigenvalue weighted by Gasteiger charge is -2.32. The third-order valence-corrected chi connectivity index (χ3v) is 5.60. The highest BCUT2D eigenvalue weighted by atomic mass is 32.1. The molecule has 6 heteroatoms. The Balaban J connectivity index is 1.49. The molecule has 138 valence electrons. The van der Waals surface area contributed by atoms with Gasteiger partial charge in [-0.25, -0.2) is 4.98 Å². The highest BCUT2D eigenvalue weighted by molar-refractivity contribution is 7.11. The molecule has 0 aliphatic carbocycles. The molecule has 1 saturated heterocycles. The number of ether oxygens (including phenoxy) is 1. The molecule has 0 unspecified atom stereocenters. The van der Waals surface area contributed by atoms with Crippen LogP contribution in [0.4, 0.5) is 0 Å². The van der Waals surface area contributed by atoms with Gasteiger partial charge in [-0.1, -0.05) is 36.4 Å². The summed E-state index contributed by atoms with van der Waals surface area (Å²) in [6, 6.07) is 16.3. The van der Waals surface area contributed by atoms with E-state index in [9.17, 15) is 4.79 Å². The second-order valence-corrected chi connectivity index (χ2v) is 7.45. The lowest BCUT2D eigenvalue weighted by molar-refractivity contribution is -0.0246. The van der Waals surface area contributed by atoms with E-state index in [0.29, 0.717) is 24.6 Å². The molecule has 5 nitrogen and oxygen atoms in total. The smallest absolute Gasteiger partial charge is 0.266 e. The van der Waals surface area contributed by atoms with Crippen molar-refractivity contribution in [3.05, 3.63) is 81.6 Å². The van der Waals surface area contributed by atoms with E-state index in [2.05, 4.69) is 17.1 Å². The number of amides is 1. The topological polar surface area (TPSA) is 55.3 Å². The summed E-state index contributed by atoms with van der Waals surface area (Å²) < 4.78 is 5.93. The predicted octanol–water partition coefficient (Wildman–Crippen LogP) is 3.65. The number of hydrogen-bond donors (Lipinski definition) is 0. The molecule has 0 radical (unpaired) electrons. The first-order chi connectivity index (χ1) is 13.2. The van der Waals surface area contributed by atoms with Crippen molar-refractivity contribution >= 4 is 17.2 Å². The maximum Gasteiger partial charge on any atom is 0.266 e. The molecule has 27 heavy (non-hydrogen) atoms. The minimum atomic E-state index is -0.202. The van der Waals surface area contributed by atoms with Gasteiger partial charge >= 0.3 is 0 Å². The number of carbonyl (C=O) groups is 1. The molecule has 1 aromatic carbocycles. The van der Waals surface area contributed by atoms with Crippen LogP contribution in [0, 0.1) is 6.92 Å². The standard InChI is InChI=1S/C21H21N3O2S/c1-15-20(27-14-22-15)21(25)24-10-11-26-19(13-24)18-9-5-8-17(23-18)12-16-6-3-2-4-7-16/h2-9,14,19H,10-13H2,1H3/t19-/m1/s1. The van der Waals surface area contributed by atoms with Crippen molar-refractivity contribution in [2.75, 3.05) is 19.7 Å². The number of hydrogen-bond acceptors (Lipinski definition) is 5. The minimum Gasteiger partial charge on any atom is -0.368 e. The summed E-state index contributed by atoms with van der Waals surface area (Å²) in [6.45, 7) is 3.49. The van der Waals surface area contributed by atoms with Crippen LogP contribution in [0.1, 0.15) is 38.4 Å². The fourth-order valence-electron chi connectivity index (χ4n) is 3.24. The van der Waals surface area contributed by atoms with Crippen LogP contribution in [-0.2, 0) is 11.2 Å². The minimum absolute atomic E-state index is 0.0312. The quantitative estimate of drug-likeness (QED) is 0.694. The summed E-state index contributed by atoms with van der Waals surface area (Å²) in [5.41, 5.74) is 5.61. The van der Waals surface area contributed by atoms with E-state index in [1.54, 1.807) is 5.51 Å². The van der Waals surface area contributed by atoms with Crippen molar-refractivity contribution in [2.45, 2.75) is 19.4 Å². The van der Waals surface area contributed by atoms with E-state index in [1.807, 2.05) is 48.2 Å². The maximum absolute atomic E-state index is 12.8. The van der Waals surface area contributed by atoms with Crippen LogP contribution < -0.4 is 0 Å². The first-order valence-electron chi connectivity index (χ1n) is 9.01. The van der Waals surface area contributed by atoms with Crippen molar-refractivity contribution in [3.63, 3.8) is 0 Å². The molecule has 2 aromatic heterocycles. The molecule has 1 amide bonds. The van der Waals surface area contributed by atoms with Gasteiger partial charge in [-0.05, 0) is 24.6 Å². The molecule has 3 aromatic rings. The van der Waals surface area contributed by atoms with E-state index in [4.69, 9.17) is 9.72 Å². The fourth-order valence-corrected chi connectivity index (χ4v) is 4.01. The monoisotopic (exact) mass is 379 g/mol. The number of carbonyl (C=O) groups excluding carboxylic acids is 1. The average molecular weight is 379 g/mol. The lowest BCUT2D eigenvalue weighted by Crippen LogP contribution is -2.42. The Morgan fingerprint density at radius 3 is 2.85 bits per heavy atom. The molecule has 0 N–H and O–H groups in total. The van der Waals surface area contributed by atoms with Crippen molar-refractivity contribution in [1.82, 2.24) is 14.9 Å². The van der Waals surface area contributed by atoms with Gasteiger partial charge in [-0.2, -0.15) is 0 Å². The van der Waals surface area contributed by atoms with Crippen LogP contribution >= 0.6 is 11.3 Å². The Kier molecular flexibility index (Phi) is 5.27. The third-order valence-electron chi connectivity index (χ3n) is 4.68. The fraction of sp³-hybridized carbons (Fsp3) is 0.286. The molecule has 0 bridgehead atoms. The van der Waals surface area contributed by atoms with Gasteiger partial charge in [0.2, 0.25) is 0 Å². The van der Waals surface area contributed by atoms with Gasteiger partial charge < -0.3 is 9.64 Å². The van der Waals surface area contributed by atoms with Crippen molar-refractivity contribution < 1.29 is 9.53 Å². The van der Waals surface area contributed by atoms with Crippen LogP contribution in [-0.4, -0.2) is 40.5 Å². The van der Waals surface area contributed by atoms with Gasteiger partial charge in [0, 0.05) is 18.7 Å². The van der Waals surface area contributed by atoms with E-state index >= 15 is 0 Å². The van der Waals surface area contributed by atoms with Crippen LogP contribution in [0.5, 0.6) is 0 Å². The van der Waals surface area contributed by atoms with Crippen molar-refractivity contribution in [3.8, 4) is 0 Å². The van der Waals surface area contributed by atoms with Gasteiger partial charge in [0.25, 0.3) is 5.91 Å². The van der Waals surface area contributed by atoms with E-state index < -0.39 is 0 Å². The summed E-state index contributed by atoms with van der Waals surface area (Å²) in [6.07, 6.45) is 0.580. The largest absolute Gasteiger partial charge is 0.368 e. The Morgan fingerprint density at radius 2 is 2.07 bits per heavy atom. The first kappa shape index (κ1) is 17.8. The molecule has 1 aliphatic heterocycles. The Hall–Kier alpha value is -2.57. The highest BCUT2D eigenvalue weighted by Crippen LogP contribution is 2.24. The second-order valence-electron chi connectivity index (χ2n) is 6.59. The molecule has 4 rings (SSSR count). The number of aryl methyl sites for hydroxylation is 1. The van der Waals surface area contributed by atoms with E-state index in [1.165, 1.54) is 16.9 Å². The number of pyridine rings is 1. The van der Waals surface area contributed by atoms with Crippen LogP contribution in [0.25, 0.3) is 0 Å². The van der Waals surface area contributed by atoms with Gasteiger partial charge in [0.05, 0.1) is 30.1 Å². The van der Waals surface area contributed by atoms with Crippen molar-refractivity contribution in [2.24, 2.45) is 0 Å². The number of thiazole rings is 1. The number of nitrogens with zero attached hydrogens (tertiary/aromatic N) is 3. The lowest BCUT2D eigenvalue weighted by atomic mass is 10.1. The zero-order valence-electron chi connectivity index (χ0n) is 15.2. The van der Waals surface area contributed by atoms with E-state index in [-0.39, 0.29) is 12.0 Å². The zero-order chi connectivity index (χ0) is 18.6. The molecule has 1 atom stereocenters. The molecule has 1 fully saturated rings. The van der Waals surface area contributed by atoms with E-state index in [0.717, 1.165) is 23.5 Å². The molecule has 3 heterocycles. The van der Waals surface area contributed by atoms with Gasteiger partial charge in [-0.3, -0.25) is 9.78 Å². The molecule has 1 aliphatic rings. The number of rotatable bonds is 4. The third kappa shape index (κ3) is 4.07. The Bertz CT molecular complexity index is 926. The predicted molar refractivity (Wildman–Crippen MR) is 105 cm³/mol.